The van der Waals surface area contributed by atoms with Gasteiger partial charge in [0.25, 0.3) is 0 Å². The van der Waals surface area contributed by atoms with E-state index in [-0.39, 0.29) is 18.3 Å². The summed E-state index contributed by atoms with van der Waals surface area (Å²) >= 11 is 1.26. The van der Waals surface area contributed by atoms with Crippen molar-refractivity contribution in [1.29, 1.82) is 0 Å². The monoisotopic (exact) mass is 442 g/mol. The Labute approximate surface area is 182 Å². The van der Waals surface area contributed by atoms with Crippen molar-refractivity contribution in [2.24, 2.45) is 0 Å². The van der Waals surface area contributed by atoms with Crippen molar-refractivity contribution in [3.8, 4) is 0 Å². The van der Waals surface area contributed by atoms with Gasteiger partial charge in [0.05, 0.1) is 15.7 Å². The largest absolute Gasteiger partial charge is 0.420 e. The number of amides is 1. The molecule has 0 N–H and O–H groups in total. The van der Waals surface area contributed by atoms with Crippen molar-refractivity contribution in [3.05, 3.63) is 58.8 Å². The first-order chi connectivity index (χ1) is 15.0. The van der Waals surface area contributed by atoms with Gasteiger partial charge in [-0.3, -0.25) is 14.3 Å². The number of benzene rings is 2. The Hall–Kier alpha value is -3.04. The number of hydrogen-bond acceptors (Lipinski definition) is 6. The minimum atomic E-state index is -0.579. The number of fused-ring (bicyclic) bond motifs is 2. The van der Waals surface area contributed by atoms with Gasteiger partial charge in [-0.25, -0.2) is 14.2 Å². The number of anilines is 1. The Kier molecular flexibility index (Phi) is 6.15. The van der Waals surface area contributed by atoms with Crippen LogP contribution in [0.4, 0.5) is 9.52 Å². The molecule has 9 heteroatoms. The summed E-state index contributed by atoms with van der Waals surface area (Å²) in [7, 11) is 0. The molecule has 0 saturated carbocycles. The molecular formula is C22H23FN4O3S. The second-order valence-electron chi connectivity index (χ2n) is 7.10. The van der Waals surface area contributed by atoms with Crippen LogP contribution in [0.2, 0.25) is 0 Å². The number of nitrogens with zero attached hydrogens (tertiary/aromatic N) is 4. The quantitative estimate of drug-likeness (QED) is 0.416. The zero-order valence-electron chi connectivity index (χ0n) is 17.4. The van der Waals surface area contributed by atoms with Gasteiger partial charge >= 0.3 is 5.76 Å². The fraction of sp³-hybridized carbons (Fsp3) is 0.318. The van der Waals surface area contributed by atoms with Crippen LogP contribution in [0, 0.1) is 5.82 Å². The summed E-state index contributed by atoms with van der Waals surface area (Å²) in [6.45, 7) is 6.74. The van der Waals surface area contributed by atoms with E-state index in [4.69, 9.17) is 4.42 Å². The number of likely N-dealkylation sites (N-methyl/N-ethyl adjacent to an activating group) is 1. The lowest BCUT2D eigenvalue weighted by Crippen LogP contribution is -2.41. The number of para-hydroxylation sites is 2. The second-order valence-corrected chi connectivity index (χ2v) is 8.11. The first-order valence-corrected chi connectivity index (χ1v) is 11.0. The third-order valence-electron chi connectivity index (χ3n) is 5.27. The summed E-state index contributed by atoms with van der Waals surface area (Å²) in [4.78, 5) is 34.0. The molecule has 0 aliphatic carbocycles. The lowest BCUT2D eigenvalue weighted by atomic mass is 10.3. The molecule has 0 unspecified atom stereocenters. The molecule has 4 rings (SSSR count). The maximum atomic E-state index is 13.6. The van der Waals surface area contributed by atoms with Crippen molar-refractivity contribution < 1.29 is 13.6 Å². The molecule has 0 saturated heterocycles. The average Bonchev–Trinajstić information content (AvgIpc) is 3.31. The van der Waals surface area contributed by atoms with Crippen LogP contribution in [-0.4, -0.2) is 46.5 Å². The maximum Gasteiger partial charge on any atom is 0.420 e. The molecule has 2 aromatic heterocycles. The molecule has 4 aromatic rings. The number of rotatable bonds is 8. The third-order valence-corrected chi connectivity index (χ3v) is 6.31. The van der Waals surface area contributed by atoms with Gasteiger partial charge in [0.2, 0.25) is 5.91 Å². The molecule has 2 aromatic carbocycles. The highest BCUT2D eigenvalue weighted by Gasteiger charge is 2.23. The number of carbonyl (C=O) groups excluding carboxylic acids is 1. The number of aromatic nitrogens is 2. The number of hydrogen-bond donors (Lipinski definition) is 0. The first-order valence-electron chi connectivity index (χ1n) is 10.2. The van der Waals surface area contributed by atoms with Gasteiger partial charge in [0.15, 0.2) is 10.7 Å². The number of carbonyl (C=O) groups is 1. The normalized spacial score (nSPS) is 11.6. The Morgan fingerprint density at radius 2 is 1.94 bits per heavy atom. The summed E-state index contributed by atoms with van der Waals surface area (Å²) in [5.41, 5.74) is 1.63. The minimum absolute atomic E-state index is 0.168. The molecule has 2 heterocycles. The Morgan fingerprint density at radius 1 is 1.16 bits per heavy atom. The van der Waals surface area contributed by atoms with Crippen molar-refractivity contribution in [2.45, 2.75) is 20.4 Å². The van der Waals surface area contributed by atoms with E-state index in [1.807, 2.05) is 0 Å². The van der Waals surface area contributed by atoms with E-state index in [1.165, 1.54) is 28.0 Å². The topological polar surface area (TPSA) is 71.6 Å². The Morgan fingerprint density at radius 3 is 2.71 bits per heavy atom. The Bertz CT molecular complexity index is 1270. The summed E-state index contributed by atoms with van der Waals surface area (Å²) in [6, 6.07) is 11.4. The molecule has 0 fully saturated rings. The van der Waals surface area contributed by atoms with Gasteiger partial charge in [0, 0.05) is 13.1 Å². The van der Waals surface area contributed by atoms with Crippen LogP contribution in [0.5, 0.6) is 0 Å². The number of halogens is 1. The van der Waals surface area contributed by atoms with E-state index in [2.05, 4.69) is 23.7 Å². The molecule has 162 valence electrons. The van der Waals surface area contributed by atoms with Gasteiger partial charge in [-0.15, -0.1) is 0 Å². The van der Waals surface area contributed by atoms with E-state index in [1.54, 1.807) is 35.2 Å². The summed E-state index contributed by atoms with van der Waals surface area (Å²) in [5, 5.41) is 0.485. The standard InChI is InChI=1S/C22H23FN4O3S/c1-3-25(4-2)11-12-26(21-24-16-10-9-15(23)13-19(16)31-21)20(28)14-27-17-7-5-6-8-18(17)30-22(27)29/h5-10,13H,3-4,11-12,14H2,1-2H3. The molecular weight excluding hydrogens is 419 g/mol. The lowest BCUT2D eigenvalue weighted by Gasteiger charge is -2.24. The van der Waals surface area contributed by atoms with E-state index in [0.717, 1.165) is 13.1 Å². The third kappa shape index (κ3) is 4.38. The predicted octanol–water partition coefficient (Wildman–Crippen LogP) is 3.72. The van der Waals surface area contributed by atoms with Gasteiger partial charge in [-0.2, -0.15) is 0 Å². The van der Waals surface area contributed by atoms with Gasteiger partial charge in [-0.1, -0.05) is 37.3 Å². The van der Waals surface area contributed by atoms with Crippen molar-refractivity contribution in [3.63, 3.8) is 0 Å². The van der Waals surface area contributed by atoms with Crippen LogP contribution in [0.1, 0.15) is 13.8 Å². The molecule has 0 radical (unpaired) electrons. The van der Waals surface area contributed by atoms with Gasteiger partial charge in [0.1, 0.15) is 12.4 Å². The SMILES string of the molecule is CCN(CC)CCN(C(=O)Cn1c(=O)oc2ccccc21)c1nc2ccc(F)cc2s1. The van der Waals surface area contributed by atoms with E-state index < -0.39 is 5.76 Å². The van der Waals surface area contributed by atoms with E-state index in [9.17, 15) is 14.0 Å². The van der Waals surface area contributed by atoms with Crippen LogP contribution in [0.3, 0.4) is 0 Å². The maximum absolute atomic E-state index is 13.6. The molecule has 0 bridgehead atoms. The molecule has 31 heavy (non-hydrogen) atoms. The van der Waals surface area contributed by atoms with Crippen LogP contribution >= 0.6 is 11.3 Å². The van der Waals surface area contributed by atoms with Crippen molar-refractivity contribution in [2.75, 3.05) is 31.1 Å². The summed E-state index contributed by atoms with van der Waals surface area (Å²) in [6.07, 6.45) is 0. The second kappa shape index (κ2) is 8.99. The highest BCUT2D eigenvalue weighted by atomic mass is 32.1. The average molecular weight is 443 g/mol. The molecule has 0 aliphatic heterocycles. The van der Waals surface area contributed by atoms with E-state index in [0.29, 0.717) is 39.5 Å². The molecule has 0 aliphatic rings. The molecule has 0 spiro atoms. The van der Waals surface area contributed by atoms with Crippen LogP contribution in [-0.2, 0) is 11.3 Å². The van der Waals surface area contributed by atoms with Crippen molar-refractivity contribution in [1.82, 2.24) is 14.5 Å². The zero-order valence-corrected chi connectivity index (χ0v) is 18.2. The van der Waals surface area contributed by atoms with Gasteiger partial charge in [-0.05, 0) is 43.4 Å². The smallest absolute Gasteiger partial charge is 0.408 e. The number of thiazole rings is 1. The minimum Gasteiger partial charge on any atom is -0.408 e. The first kappa shape index (κ1) is 21.2. The van der Waals surface area contributed by atoms with Crippen LogP contribution in [0.25, 0.3) is 21.3 Å². The van der Waals surface area contributed by atoms with Crippen molar-refractivity contribution >= 4 is 43.7 Å². The molecule has 1 amide bonds. The van der Waals surface area contributed by atoms with E-state index >= 15 is 0 Å². The highest BCUT2D eigenvalue weighted by Crippen LogP contribution is 2.29. The summed E-state index contributed by atoms with van der Waals surface area (Å²) < 4.78 is 20.9. The lowest BCUT2D eigenvalue weighted by molar-refractivity contribution is -0.119. The zero-order chi connectivity index (χ0) is 22.0. The Balaban J connectivity index is 1.67. The fourth-order valence-electron chi connectivity index (χ4n) is 3.49. The number of oxazole rings is 1. The predicted molar refractivity (Wildman–Crippen MR) is 120 cm³/mol. The van der Waals surface area contributed by atoms with Crippen LogP contribution < -0.4 is 10.7 Å². The molecule has 7 nitrogen and oxygen atoms in total. The van der Waals surface area contributed by atoms with Gasteiger partial charge < -0.3 is 9.32 Å². The fourth-order valence-corrected chi connectivity index (χ4v) is 4.53. The highest BCUT2D eigenvalue weighted by molar-refractivity contribution is 7.22. The molecule has 0 atom stereocenters. The summed E-state index contributed by atoms with van der Waals surface area (Å²) in [5.74, 6) is -1.20. The van der Waals surface area contributed by atoms with Crippen LogP contribution in [0.15, 0.2) is 51.7 Å².